The first kappa shape index (κ1) is 13.3. The highest BCUT2D eigenvalue weighted by atomic mass is 32.1. The van der Waals surface area contributed by atoms with Crippen LogP contribution in [-0.4, -0.2) is 15.1 Å². The number of nitrogens with zero attached hydrogens (tertiary/aromatic N) is 3. The Bertz CT molecular complexity index is 824. The molecular formula is C13H10N4O3S. The number of hydrogen-bond acceptors (Lipinski definition) is 7. The quantitative estimate of drug-likeness (QED) is 0.587. The van der Waals surface area contributed by atoms with Crippen LogP contribution in [0.4, 0.5) is 11.4 Å². The van der Waals surface area contributed by atoms with Crippen molar-refractivity contribution >= 4 is 22.7 Å². The van der Waals surface area contributed by atoms with E-state index in [4.69, 9.17) is 10.3 Å². The summed E-state index contributed by atoms with van der Waals surface area (Å²) < 4.78 is 5.20. The van der Waals surface area contributed by atoms with Crippen LogP contribution in [0.15, 0.2) is 34.2 Å². The number of nitro groups is 1. The SMILES string of the molecule is Cc1ccc([N+](=O)[O-])cc1-c1noc(-c2sccc2N)n1. The van der Waals surface area contributed by atoms with Crippen LogP contribution < -0.4 is 5.73 Å². The monoisotopic (exact) mass is 302 g/mol. The largest absolute Gasteiger partial charge is 0.397 e. The lowest BCUT2D eigenvalue weighted by Gasteiger charge is -2.00. The highest BCUT2D eigenvalue weighted by molar-refractivity contribution is 7.14. The third-order valence-electron chi connectivity index (χ3n) is 2.99. The van der Waals surface area contributed by atoms with Crippen molar-refractivity contribution in [3.63, 3.8) is 0 Å². The second kappa shape index (κ2) is 4.98. The van der Waals surface area contributed by atoms with Crippen molar-refractivity contribution in [1.82, 2.24) is 10.1 Å². The summed E-state index contributed by atoms with van der Waals surface area (Å²) in [7, 11) is 0. The Morgan fingerprint density at radius 3 is 2.86 bits per heavy atom. The fraction of sp³-hybridized carbons (Fsp3) is 0.0769. The molecule has 3 rings (SSSR count). The lowest BCUT2D eigenvalue weighted by atomic mass is 10.1. The van der Waals surface area contributed by atoms with E-state index in [0.29, 0.717) is 27.8 Å². The zero-order chi connectivity index (χ0) is 15.0. The molecule has 21 heavy (non-hydrogen) atoms. The summed E-state index contributed by atoms with van der Waals surface area (Å²) in [5.74, 6) is 0.613. The zero-order valence-electron chi connectivity index (χ0n) is 10.9. The smallest absolute Gasteiger partial charge is 0.270 e. The number of nitrogen functional groups attached to an aromatic ring is 1. The molecule has 0 aliphatic carbocycles. The molecule has 8 heteroatoms. The molecule has 0 spiro atoms. The van der Waals surface area contributed by atoms with Crippen molar-refractivity contribution in [1.29, 1.82) is 0 Å². The van der Waals surface area contributed by atoms with Gasteiger partial charge in [-0.15, -0.1) is 11.3 Å². The zero-order valence-corrected chi connectivity index (χ0v) is 11.8. The van der Waals surface area contributed by atoms with Gasteiger partial charge in [-0.1, -0.05) is 11.2 Å². The third kappa shape index (κ3) is 2.36. The molecule has 0 amide bonds. The average Bonchev–Trinajstić information content (AvgIpc) is 3.07. The van der Waals surface area contributed by atoms with Gasteiger partial charge in [0.15, 0.2) is 0 Å². The van der Waals surface area contributed by atoms with Gasteiger partial charge in [-0.3, -0.25) is 10.1 Å². The van der Waals surface area contributed by atoms with Crippen LogP contribution in [0.3, 0.4) is 0 Å². The van der Waals surface area contributed by atoms with E-state index in [2.05, 4.69) is 10.1 Å². The number of anilines is 1. The van der Waals surface area contributed by atoms with Crippen molar-refractivity contribution < 1.29 is 9.45 Å². The molecule has 3 aromatic rings. The molecule has 0 aliphatic heterocycles. The molecule has 0 fully saturated rings. The number of nitro benzene ring substituents is 1. The van der Waals surface area contributed by atoms with E-state index in [9.17, 15) is 10.1 Å². The van der Waals surface area contributed by atoms with Gasteiger partial charge >= 0.3 is 0 Å². The van der Waals surface area contributed by atoms with Crippen LogP contribution in [0.25, 0.3) is 22.2 Å². The highest BCUT2D eigenvalue weighted by Gasteiger charge is 2.17. The number of rotatable bonds is 3. The molecule has 1 aromatic carbocycles. The van der Waals surface area contributed by atoms with E-state index < -0.39 is 4.92 Å². The minimum Gasteiger partial charge on any atom is -0.397 e. The number of aromatic nitrogens is 2. The minimum atomic E-state index is -0.457. The Morgan fingerprint density at radius 2 is 2.19 bits per heavy atom. The van der Waals surface area contributed by atoms with Crippen LogP contribution >= 0.6 is 11.3 Å². The summed E-state index contributed by atoms with van der Waals surface area (Å²) in [5.41, 5.74) is 7.74. The summed E-state index contributed by atoms with van der Waals surface area (Å²) in [4.78, 5) is 15.4. The molecule has 0 unspecified atom stereocenters. The van der Waals surface area contributed by atoms with Gasteiger partial charge in [-0.25, -0.2) is 0 Å². The Kier molecular flexibility index (Phi) is 3.15. The molecule has 106 valence electrons. The number of benzene rings is 1. The number of aryl methyl sites for hydroxylation is 1. The first-order valence-electron chi connectivity index (χ1n) is 5.98. The second-order valence-corrected chi connectivity index (χ2v) is 5.30. The van der Waals surface area contributed by atoms with E-state index in [-0.39, 0.29) is 5.69 Å². The van der Waals surface area contributed by atoms with E-state index in [1.807, 2.05) is 12.3 Å². The summed E-state index contributed by atoms with van der Waals surface area (Å²) in [5, 5.41) is 16.6. The molecule has 0 atom stereocenters. The van der Waals surface area contributed by atoms with Crippen LogP contribution in [-0.2, 0) is 0 Å². The van der Waals surface area contributed by atoms with Gasteiger partial charge in [0.1, 0.15) is 4.88 Å². The van der Waals surface area contributed by atoms with Gasteiger partial charge in [-0.2, -0.15) is 4.98 Å². The minimum absolute atomic E-state index is 0.0161. The van der Waals surface area contributed by atoms with E-state index in [0.717, 1.165) is 5.56 Å². The van der Waals surface area contributed by atoms with Crippen LogP contribution in [0.1, 0.15) is 5.56 Å². The van der Waals surface area contributed by atoms with Crippen molar-refractivity contribution in [2.75, 3.05) is 5.73 Å². The molecule has 0 bridgehead atoms. The molecule has 7 nitrogen and oxygen atoms in total. The molecule has 0 radical (unpaired) electrons. The fourth-order valence-electron chi connectivity index (χ4n) is 1.88. The van der Waals surface area contributed by atoms with Gasteiger partial charge < -0.3 is 10.3 Å². The standard InChI is InChI=1S/C13H10N4O3S/c1-7-2-3-8(17(18)19)6-9(7)12-15-13(20-16-12)11-10(14)4-5-21-11/h2-6H,14H2,1H3. The first-order chi connectivity index (χ1) is 10.1. The number of hydrogen-bond donors (Lipinski definition) is 1. The van der Waals surface area contributed by atoms with Gasteiger partial charge in [-0.05, 0) is 23.9 Å². The predicted molar refractivity (Wildman–Crippen MR) is 78.9 cm³/mol. The molecular weight excluding hydrogens is 292 g/mol. The molecule has 2 N–H and O–H groups in total. The van der Waals surface area contributed by atoms with Crippen molar-refractivity contribution in [3.8, 4) is 22.2 Å². The number of non-ortho nitro benzene ring substituents is 1. The topological polar surface area (TPSA) is 108 Å². The molecule has 2 aromatic heterocycles. The maximum atomic E-state index is 10.9. The Balaban J connectivity index is 2.06. The summed E-state index contributed by atoms with van der Waals surface area (Å²) in [6.45, 7) is 1.83. The normalized spacial score (nSPS) is 10.7. The molecule has 0 aliphatic rings. The first-order valence-corrected chi connectivity index (χ1v) is 6.86. The van der Waals surface area contributed by atoms with Crippen LogP contribution in [0, 0.1) is 17.0 Å². The van der Waals surface area contributed by atoms with Crippen LogP contribution in [0.5, 0.6) is 0 Å². The van der Waals surface area contributed by atoms with Crippen molar-refractivity contribution in [3.05, 3.63) is 45.3 Å². The number of thiophene rings is 1. The maximum Gasteiger partial charge on any atom is 0.270 e. The highest BCUT2D eigenvalue weighted by Crippen LogP contribution is 2.32. The maximum absolute atomic E-state index is 10.9. The molecule has 2 heterocycles. The lowest BCUT2D eigenvalue weighted by molar-refractivity contribution is -0.384. The van der Waals surface area contributed by atoms with E-state index in [1.165, 1.54) is 23.5 Å². The Labute approximate surface area is 123 Å². The lowest BCUT2D eigenvalue weighted by Crippen LogP contribution is -1.91. The summed E-state index contributed by atoms with van der Waals surface area (Å²) >= 11 is 1.39. The second-order valence-electron chi connectivity index (χ2n) is 4.38. The Morgan fingerprint density at radius 1 is 1.38 bits per heavy atom. The van der Waals surface area contributed by atoms with Crippen molar-refractivity contribution in [2.45, 2.75) is 6.92 Å². The Hall–Kier alpha value is -2.74. The molecule has 0 saturated heterocycles. The van der Waals surface area contributed by atoms with Gasteiger partial charge in [0, 0.05) is 17.7 Å². The summed E-state index contributed by atoms with van der Waals surface area (Å²) in [6, 6.07) is 6.28. The number of nitrogens with two attached hydrogens (primary N) is 1. The predicted octanol–water partition coefficient (Wildman–Crippen LogP) is 3.26. The van der Waals surface area contributed by atoms with Crippen molar-refractivity contribution in [2.24, 2.45) is 0 Å². The average molecular weight is 302 g/mol. The summed E-state index contributed by atoms with van der Waals surface area (Å²) in [6.07, 6.45) is 0. The van der Waals surface area contributed by atoms with Gasteiger partial charge in [0.2, 0.25) is 5.82 Å². The fourth-order valence-corrected chi connectivity index (χ4v) is 2.62. The third-order valence-corrected chi connectivity index (χ3v) is 3.91. The van der Waals surface area contributed by atoms with E-state index in [1.54, 1.807) is 12.1 Å². The van der Waals surface area contributed by atoms with Crippen LogP contribution in [0.2, 0.25) is 0 Å². The van der Waals surface area contributed by atoms with E-state index >= 15 is 0 Å². The van der Waals surface area contributed by atoms with Gasteiger partial charge in [0.05, 0.1) is 10.6 Å². The molecule has 0 saturated carbocycles. The van der Waals surface area contributed by atoms with Gasteiger partial charge in [0.25, 0.3) is 11.6 Å².